The van der Waals surface area contributed by atoms with Gasteiger partial charge < -0.3 is 10.1 Å². The number of thiophene rings is 1. The van der Waals surface area contributed by atoms with E-state index in [4.69, 9.17) is 4.74 Å². The summed E-state index contributed by atoms with van der Waals surface area (Å²) >= 11 is 1.79. The molecule has 1 aromatic rings. The zero-order valence-corrected chi connectivity index (χ0v) is 10.1. The van der Waals surface area contributed by atoms with Crippen LogP contribution >= 0.6 is 11.3 Å². The van der Waals surface area contributed by atoms with Crippen LogP contribution < -0.4 is 5.32 Å². The van der Waals surface area contributed by atoms with Gasteiger partial charge in [0.1, 0.15) is 5.76 Å². The number of hydrogen-bond acceptors (Lipinski definition) is 3. The van der Waals surface area contributed by atoms with Crippen molar-refractivity contribution in [2.24, 2.45) is 0 Å². The highest BCUT2D eigenvalue weighted by Gasteiger charge is 2.20. The molecular formula is C12H17NOS. The Labute approximate surface area is 95.0 Å². The van der Waals surface area contributed by atoms with Gasteiger partial charge in [-0.05, 0) is 49.9 Å². The number of likely N-dealkylation sites (N-methyl/N-ethyl adjacent to an activating group) is 1. The van der Waals surface area contributed by atoms with Crippen LogP contribution in [0.1, 0.15) is 29.3 Å². The monoisotopic (exact) mass is 223 g/mol. The number of allylic oxidation sites excluding steroid dienone is 1. The quantitative estimate of drug-likeness (QED) is 0.850. The minimum Gasteiger partial charge on any atom is -0.496 e. The van der Waals surface area contributed by atoms with Crippen LogP contribution in [0.4, 0.5) is 0 Å². The predicted octanol–water partition coefficient (Wildman–Crippen LogP) is 3.01. The summed E-state index contributed by atoms with van der Waals surface area (Å²) in [5.74, 6) is 1.09. The molecule has 15 heavy (non-hydrogen) atoms. The fourth-order valence-electron chi connectivity index (χ4n) is 1.86. The topological polar surface area (TPSA) is 21.3 Å². The summed E-state index contributed by atoms with van der Waals surface area (Å²) in [5, 5.41) is 5.47. The molecule has 2 rings (SSSR count). The lowest BCUT2D eigenvalue weighted by Crippen LogP contribution is -2.21. The molecule has 1 aliphatic rings. The highest BCUT2D eigenvalue weighted by molar-refractivity contribution is 7.10. The van der Waals surface area contributed by atoms with Crippen molar-refractivity contribution in [3.63, 3.8) is 0 Å². The van der Waals surface area contributed by atoms with Crippen molar-refractivity contribution in [3.05, 3.63) is 33.7 Å². The molecule has 0 radical (unpaired) electrons. The summed E-state index contributed by atoms with van der Waals surface area (Å²) in [6.07, 6.45) is 4.49. The van der Waals surface area contributed by atoms with Crippen LogP contribution in [0.25, 0.3) is 0 Å². The van der Waals surface area contributed by atoms with Gasteiger partial charge in [-0.15, -0.1) is 11.3 Å². The molecule has 2 nitrogen and oxygen atoms in total. The Kier molecular flexibility index (Phi) is 3.44. The molecule has 0 spiro atoms. The SMILES string of the molecule is CNC(C1=CCCCO1)c1sccc1C. The molecule has 0 aromatic carbocycles. The third kappa shape index (κ3) is 2.24. The lowest BCUT2D eigenvalue weighted by atomic mass is 10.1. The maximum atomic E-state index is 5.72. The average molecular weight is 223 g/mol. The Hall–Kier alpha value is -0.800. The van der Waals surface area contributed by atoms with Crippen molar-refractivity contribution in [2.45, 2.75) is 25.8 Å². The lowest BCUT2D eigenvalue weighted by Gasteiger charge is -2.23. The van der Waals surface area contributed by atoms with E-state index in [0.717, 1.165) is 25.2 Å². The summed E-state index contributed by atoms with van der Waals surface area (Å²) in [6, 6.07) is 2.40. The zero-order chi connectivity index (χ0) is 10.7. The minimum atomic E-state index is 0.241. The van der Waals surface area contributed by atoms with Crippen molar-refractivity contribution in [3.8, 4) is 0 Å². The van der Waals surface area contributed by atoms with Crippen molar-refractivity contribution in [1.82, 2.24) is 5.32 Å². The van der Waals surface area contributed by atoms with E-state index in [1.165, 1.54) is 10.4 Å². The fourth-order valence-corrected chi connectivity index (χ4v) is 2.90. The third-order valence-electron chi connectivity index (χ3n) is 2.70. The van der Waals surface area contributed by atoms with Crippen LogP contribution in [0, 0.1) is 6.92 Å². The van der Waals surface area contributed by atoms with E-state index in [1.54, 1.807) is 11.3 Å². The number of rotatable bonds is 3. The van der Waals surface area contributed by atoms with Gasteiger partial charge in [0.2, 0.25) is 0 Å². The van der Waals surface area contributed by atoms with E-state index >= 15 is 0 Å². The fraction of sp³-hybridized carbons (Fsp3) is 0.500. The van der Waals surface area contributed by atoms with Crippen molar-refractivity contribution in [2.75, 3.05) is 13.7 Å². The first kappa shape index (κ1) is 10.7. The van der Waals surface area contributed by atoms with Gasteiger partial charge in [0.05, 0.1) is 12.6 Å². The van der Waals surface area contributed by atoms with Gasteiger partial charge in [0, 0.05) is 4.88 Å². The average Bonchev–Trinajstić information content (AvgIpc) is 2.68. The summed E-state index contributed by atoms with van der Waals surface area (Å²) in [6.45, 7) is 3.01. The Balaban J connectivity index is 2.24. The van der Waals surface area contributed by atoms with Crippen LogP contribution in [-0.4, -0.2) is 13.7 Å². The van der Waals surface area contributed by atoms with Crippen LogP contribution in [0.5, 0.6) is 0 Å². The molecule has 2 heterocycles. The summed E-state index contributed by atoms with van der Waals surface area (Å²) in [5.41, 5.74) is 1.34. The van der Waals surface area contributed by atoms with Crippen LogP contribution in [-0.2, 0) is 4.74 Å². The van der Waals surface area contributed by atoms with Gasteiger partial charge in [-0.25, -0.2) is 0 Å². The second-order valence-electron chi connectivity index (χ2n) is 3.79. The smallest absolute Gasteiger partial charge is 0.114 e. The van der Waals surface area contributed by atoms with Crippen LogP contribution in [0.15, 0.2) is 23.3 Å². The highest BCUT2D eigenvalue weighted by atomic mass is 32.1. The van der Waals surface area contributed by atoms with Crippen molar-refractivity contribution >= 4 is 11.3 Å². The molecule has 1 unspecified atom stereocenters. The molecule has 0 saturated carbocycles. The molecule has 1 atom stereocenters. The molecule has 1 aliphatic heterocycles. The number of hydrogen-bond donors (Lipinski definition) is 1. The van der Waals surface area contributed by atoms with Gasteiger partial charge >= 0.3 is 0 Å². The van der Waals surface area contributed by atoms with Gasteiger partial charge in [0.15, 0.2) is 0 Å². The minimum absolute atomic E-state index is 0.241. The second-order valence-corrected chi connectivity index (χ2v) is 4.73. The molecule has 0 fully saturated rings. The largest absolute Gasteiger partial charge is 0.496 e. The molecular weight excluding hydrogens is 206 g/mol. The van der Waals surface area contributed by atoms with E-state index in [2.05, 4.69) is 29.8 Å². The second kappa shape index (κ2) is 4.81. The molecule has 0 saturated heterocycles. The van der Waals surface area contributed by atoms with Crippen LogP contribution in [0.2, 0.25) is 0 Å². The Morgan fingerprint density at radius 1 is 1.53 bits per heavy atom. The van der Waals surface area contributed by atoms with E-state index in [0.29, 0.717) is 0 Å². The third-order valence-corrected chi connectivity index (χ3v) is 3.78. The van der Waals surface area contributed by atoms with Crippen molar-refractivity contribution in [1.29, 1.82) is 0 Å². The first-order valence-corrected chi connectivity index (χ1v) is 6.25. The van der Waals surface area contributed by atoms with E-state index in [-0.39, 0.29) is 6.04 Å². The van der Waals surface area contributed by atoms with Crippen molar-refractivity contribution < 1.29 is 4.74 Å². The maximum Gasteiger partial charge on any atom is 0.114 e. The number of ether oxygens (including phenoxy) is 1. The lowest BCUT2D eigenvalue weighted by molar-refractivity contribution is 0.170. The molecule has 0 bridgehead atoms. The molecule has 3 heteroatoms. The number of aryl methyl sites for hydroxylation is 1. The van der Waals surface area contributed by atoms with Crippen LogP contribution in [0.3, 0.4) is 0 Å². The first-order valence-electron chi connectivity index (χ1n) is 5.37. The highest BCUT2D eigenvalue weighted by Crippen LogP contribution is 2.31. The Morgan fingerprint density at radius 3 is 2.93 bits per heavy atom. The zero-order valence-electron chi connectivity index (χ0n) is 9.25. The van der Waals surface area contributed by atoms with E-state index in [1.807, 2.05) is 7.05 Å². The summed E-state index contributed by atoms with van der Waals surface area (Å²) in [4.78, 5) is 1.37. The van der Waals surface area contributed by atoms with E-state index < -0.39 is 0 Å². The Bertz CT molecular complexity index is 356. The first-order chi connectivity index (χ1) is 7.33. The maximum absolute atomic E-state index is 5.72. The standard InChI is InChI=1S/C12H17NOS/c1-9-6-8-15-12(9)11(13-2)10-5-3-4-7-14-10/h5-6,8,11,13H,3-4,7H2,1-2H3. The van der Waals surface area contributed by atoms with Gasteiger partial charge in [-0.1, -0.05) is 0 Å². The molecule has 1 aromatic heterocycles. The molecule has 0 aliphatic carbocycles. The Morgan fingerprint density at radius 2 is 2.40 bits per heavy atom. The van der Waals surface area contributed by atoms with Gasteiger partial charge in [-0.3, -0.25) is 0 Å². The summed E-state index contributed by atoms with van der Waals surface area (Å²) < 4.78 is 5.72. The molecule has 0 amide bonds. The molecule has 82 valence electrons. The van der Waals surface area contributed by atoms with Gasteiger partial charge in [0.25, 0.3) is 0 Å². The van der Waals surface area contributed by atoms with E-state index in [9.17, 15) is 0 Å². The van der Waals surface area contributed by atoms with Gasteiger partial charge in [-0.2, -0.15) is 0 Å². The summed E-state index contributed by atoms with van der Waals surface area (Å²) in [7, 11) is 1.99. The molecule has 1 N–H and O–H groups in total. The normalized spacial score (nSPS) is 18.1. The number of nitrogens with one attached hydrogen (secondary N) is 1. The predicted molar refractivity (Wildman–Crippen MR) is 64.1 cm³/mol.